The number of benzene rings is 1. The van der Waals surface area contributed by atoms with Gasteiger partial charge in [-0.1, -0.05) is 26.8 Å². The van der Waals surface area contributed by atoms with Crippen LogP contribution >= 0.6 is 0 Å². The lowest BCUT2D eigenvalue weighted by Crippen LogP contribution is -3.00. The topological polar surface area (TPSA) is 85.3 Å². The fourth-order valence-electron chi connectivity index (χ4n) is 2.59. The highest BCUT2D eigenvalue weighted by atomic mass is 35.5. The molecule has 0 bridgehead atoms. The second kappa shape index (κ2) is 7.63. The first-order chi connectivity index (χ1) is 9.93. The summed E-state index contributed by atoms with van der Waals surface area (Å²) in [5, 5.41) is 24.5. The van der Waals surface area contributed by atoms with Gasteiger partial charge in [-0.15, -0.1) is 0 Å². The van der Waals surface area contributed by atoms with Gasteiger partial charge < -0.3 is 32.9 Å². The van der Waals surface area contributed by atoms with Crippen molar-refractivity contribution >= 4 is 10.9 Å². The fourth-order valence-corrected chi connectivity index (χ4v) is 2.59. The monoisotopic (exact) mass is 325 g/mol. The summed E-state index contributed by atoms with van der Waals surface area (Å²) in [6, 6.07) is 6.39. The third-order valence-electron chi connectivity index (χ3n) is 3.59. The Morgan fingerprint density at radius 1 is 1.23 bits per heavy atom. The molecular formula is C16H22ClN2O3-. The quantitative estimate of drug-likeness (QED) is 0.571. The van der Waals surface area contributed by atoms with Gasteiger partial charge in [0.1, 0.15) is 5.75 Å². The Balaban J connectivity index is 0.00000242. The molecule has 4 N–H and O–H groups in total. The number of fused-ring (bicyclic) bond motifs is 1. The van der Waals surface area contributed by atoms with Crippen molar-refractivity contribution in [3.05, 3.63) is 40.2 Å². The average molecular weight is 326 g/mol. The molecule has 0 aliphatic rings. The lowest BCUT2D eigenvalue weighted by atomic mass is 9.95. The van der Waals surface area contributed by atoms with Gasteiger partial charge in [0, 0.05) is 23.5 Å². The number of H-pyrrole nitrogens is 1. The molecule has 2 atom stereocenters. The minimum Gasteiger partial charge on any atom is -1.00 e. The van der Waals surface area contributed by atoms with E-state index in [4.69, 9.17) is 0 Å². The summed E-state index contributed by atoms with van der Waals surface area (Å²) in [6.45, 7) is 6.07. The number of phenolic OH excluding ortho intramolecular Hbond substituents is 1. The van der Waals surface area contributed by atoms with Gasteiger partial charge in [0.25, 0.3) is 0 Å². The molecule has 2 unspecified atom stereocenters. The van der Waals surface area contributed by atoms with E-state index in [-0.39, 0.29) is 35.8 Å². The van der Waals surface area contributed by atoms with E-state index >= 15 is 0 Å². The molecule has 0 aliphatic heterocycles. The molecule has 2 rings (SSSR count). The molecule has 22 heavy (non-hydrogen) atoms. The number of rotatable bonds is 5. The zero-order valence-corrected chi connectivity index (χ0v) is 13.7. The molecule has 1 heterocycles. The van der Waals surface area contributed by atoms with Crippen LogP contribution in [0.25, 0.3) is 10.9 Å². The van der Waals surface area contributed by atoms with Crippen LogP contribution in [0.3, 0.4) is 0 Å². The SMILES string of the molecule is CCC(NC(C)C)C(O)c1ccc(O)c2[nH]c(=O)ccc12.[Cl-]. The van der Waals surface area contributed by atoms with Crippen LogP contribution in [-0.4, -0.2) is 27.3 Å². The Morgan fingerprint density at radius 2 is 1.91 bits per heavy atom. The maximum atomic E-state index is 11.4. The summed E-state index contributed by atoms with van der Waals surface area (Å²) < 4.78 is 0. The van der Waals surface area contributed by atoms with Crippen molar-refractivity contribution in [3.8, 4) is 5.75 Å². The summed E-state index contributed by atoms with van der Waals surface area (Å²) in [6.07, 6.45) is 0.0526. The van der Waals surface area contributed by atoms with Crippen LogP contribution in [0.5, 0.6) is 5.75 Å². The molecule has 1 aromatic heterocycles. The second-order valence-electron chi connectivity index (χ2n) is 5.57. The van der Waals surface area contributed by atoms with Gasteiger partial charge in [0.05, 0.1) is 11.6 Å². The van der Waals surface area contributed by atoms with Crippen molar-refractivity contribution in [1.29, 1.82) is 0 Å². The lowest BCUT2D eigenvalue weighted by molar-refractivity contribution is -0.00000717. The van der Waals surface area contributed by atoms with Gasteiger partial charge in [0.2, 0.25) is 5.56 Å². The number of pyridine rings is 1. The highest BCUT2D eigenvalue weighted by molar-refractivity contribution is 5.87. The second-order valence-corrected chi connectivity index (χ2v) is 5.57. The number of aliphatic hydroxyl groups excluding tert-OH is 1. The summed E-state index contributed by atoms with van der Waals surface area (Å²) in [5.74, 6) is 0.00326. The van der Waals surface area contributed by atoms with E-state index in [1.165, 1.54) is 12.1 Å². The van der Waals surface area contributed by atoms with Crippen LogP contribution < -0.4 is 23.3 Å². The third-order valence-corrected chi connectivity index (χ3v) is 3.59. The maximum Gasteiger partial charge on any atom is 0.248 e. The summed E-state index contributed by atoms with van der Waals surface area (Å²) >= 11 is 0. The summed E-state index contributed by atoms with van der Waals surface area (Å²) in [4.78, 5) is 14.0. The molecule has 1 aromatic carbocycles. The van der Waals surface area contributed by atoms with Crippen molar-refractivity contribution in [2.75, 3.05) is 0 Å². The van der Waals surface area contributed by atoms with E-state index in [1.54, 1.807) is 12.1 Å². The summed E-state index contributed by atoms with van der Waals surface area (Å²) in [7, 11) is 0. The smallest absolute Gasteiger partial charge is 0.248 e. The van der Waals surface area contributed by atoms with E-state index in [2.05, 4.69) is 10.3 Å². The Morgan fingerprint density at radius 3 is 2.50 bits per heavy atom. The maximum absolute atomic E-state index is 11.4. The molecule has 122 valence electrons. The first kappa shape index (κ1) is 18.5. The van der Waals surface area contributed by atoms with Gasteiger partial charge in [-0.25, -0.2) is 0 Å². The molecule has 0 radical (unpaired) electrons. The van der Waals surface area contributed by atoms with Crippen molar-refractivity contribution in [3.63, 3.8) is 0 Å². The number of halogens is 1. The van der Waals surface area contributed by atoms with Gasteiger partial charge in [-0.3, -0.25) is 4.79 Å². The van der Waals surface area contributed by atoms with Crippen molar-refractivity contribution in [2.24, 2.45) is 0 Å². The predicted octanol–water partition coefficient (Wildman–Crippen LogP) is -0.952. The summed E-state index contributed by atoms with van der Waals surface area (Å²) in [5.41, 5.74) is 0.772. The molecule has 0 aliphatic carbocycles. The molecule has 0 saturated carbocycles. The highest BCUT2D eigenvalue weighted by Crippen LogP contribution is 2.30. The van der Waals surface area contributed by atoms with E-state index in [9.17, 15) is 15.0 Å². The Kier molecular flexibility index (Phi) is 6.41. The minimum atomic E-state index is -0.716. The molecule has 6 heteroatoms. The van der Waals surface area contributed by atoms with Crippen LogP contribution in [0.15, 0.2) is 29.1 Å². The van der Waals surface area contributed by atoms with Gasteiger partial charge >= 0.3 is 0 Å². The first-order valence-electron chi connectivity index (χ1n) is 7.23. The normalized spacial score (nSPS) is 13.9. The van der Waals surface area contributed by atoms with E-state index in [1.807, 2.05) is 20.8 Å². The molecule has 0 saturated heterocycles. The van der Waals surface area contributed by atoms with E-state index < -0.39 is 6.10 Å². The molecule has 5 nitrogen and oxygen atoms in total. The highest BCUT2D eigenvalue weighted by Gasteiger charge is 2.22. The van der Waals surface area contributed by atoms with Crippen molar-refractivity contribution < 1.29 is 22.6 Å². The minimum absolute atomic E-state index is 0. The van der Waals surface area contributed by atoms with Crippen LogP contribution in [-0.2, 0) is 0 Å². The van der Waals surface area contributed by atoms with Crippen LogP contribution in [0.1, 0.15) is 38.9 Å². The number of nitrogens with one attached hydrogen (secondary N) is 2. The number of phenols is 1. The zero-order valence-electron chi connectivity index (χ0n) is 12.9. The number of aliphatic hydroxyl groups is 1. The first-order valence-corrected chi connectivity index (χ1v) is 7.23. The van der Waals surface area contributed by atoms with Gasteiger partial charge in [-0.05, 0) is 24.1 Å². The average Bonchev–Trinajstić information content (AvgIpc) is 2.45. The number of hydrogen-bond acceptors (Lipinski definition) is 4. The number of aromatic hydroxyl groups is 1. The molecule has 0 fully saturated rings. The van der Waals surface area contributed by atoms with Crippen molar-refractivity contribution in [2.45, 2.75) is 45.4 Å². The van der Waals surface area contributed by atoms with Crippen LogP contribution in [0.2, 0.25) is 0 Å². The molecule has 0 spiro atoms. The van der Waals surface area contributed by atoms with Gasteiger partial charge in [0.15, 0.2) is 0 Å². The van der Waals surface area contributed by atoms with Crippen molar-refractivity contribution in [1.82, 2.24) is 10.3 Å². The number of aromatic nitrogens is 1. The lowest BCUT2D eigenvalue weighted by Gasteiger charge is -2.26. The number of aromatic amines is 1. The standard InChI is InChI=1S/C16H22N2O3.ClH/c1-4-12(17-9(2)3)16(21)11-5-7-13(19)15-10(11)6-8-14(20)18-15;/h5-9,12,16-17,19,21H,4H2,1-3H3,(H,18,20);1H/p-1. The zero-order chi connectivity index (χ0) is 15.6. The Bertz CT molecular complexity index is 685. The van der Waals surface area contributed by atoms with E-state index in [0.717, 1.165) is 6.42 Å². The molecular weight excluding hydrogens is 304 g/mol. The number of hydrogen-bond donors (Lipinski definition) is 4. The fraction of sp³-hybridized carbons (Fsp3) is 0.438. The predicted molar refractivity (Wildman–Crippen MR) is 83.5 cm³/mol. The molecule has 0 amide bonds. The van der Waals surface area contributed by atoms with Crippen LogP contribution in [0, 0.1) is 0 Å². The Hall–Kier alpha value is -1.56. The van der Waals surface area contributed by atoms with Gasteiger partial charge in [-0.2, -0.15) is 0 Å². The van der Waals surface area contributed by atoms with Crippen LogP contribution in [0.4, 0.5) is 0 Å². The molecule has 2 aromatic rings. The Labute approximate surface area is 135 Å². The largest absolute Gasteiger partial charge is 1.00 e. The van der Waals surface area contributed by atoms with E-state index in [0.29, 0.717) is 16.5 Å². The third kappa shape index (κ3) is 3.80.